The Labute approximate surface area is 110 Å². The van der Waals surface area contributed by atoms with Crippen molar-refractivity contribution >= 4 is 23.0 Å². The summed E-state index contributed by atoms with van der Waals surface area (Å²) < 4.78 is 39.0. The van der Waals surface area contributed by atoms with Gasteiger partial charge in [-0.05, 0) is 6.07 Å². The molecular weight excluding hydrogens is 279 g/mol. The number of benzene rings is 1. The van der Waals surface area contributed by atoms with E-state index in [2.05, 4.69) is 5.32 Å². The van der Waals surface area contributed by atoms with Crippen molar-refractivity contribution in [3.8, 4) is 0 Å². The first-order valence-corrected chi connectivity index (χ1v) is 6.04. The summed E-state index contributed by atoms with van der Waals surface area (Å²) in [5.74, 6) is -4.37. The van der Waals surface area contributed by atoms with Crippen LogP contribution in [0.2, 0.25) is 0 Å². The van der Waals surface area contributed by atoms with Gasteiger partial charge >= 0.3 is 5.97 Å². The Balaban J connectivity index is 2.09. The quantitative estimate of drug-likeness (QED) is 0.846. The highest BCUT2D eigenvalue weighted by atomic mass is 32.1. The molecule has 1 heterocycles. The van der Waals surface area contributed by atoms with Gasteiger partial charge in [0.2, 0.25) is 0 Å². The van der Waals surface area contributed by atoms with E-state index < -0.39 is 23.4 Å². The van der Waals surface area contributed by atoms with Crippen LogP contribution in [-0.2, 0) is 6.54 Å². The molecule has 0 bridgehead atoms. The van der Waals surface area contributed by atoms with Crippen molar-refractivity contribution in [3.05, 3.63) is 51.5 Å². The van der Waals surface area contributed by atoms with Crippen LogP contribution < -0.4 is 5.32 Å². The summed E-state index contributed by atoms with van der Waals surface area (Å²) in [7, 11) is 0. The number of carboxylic acids is 1. The van der Waals surface area contributed by atoms with Crippen molar-refractivity contribution in [1.29, 1.82) is 0 Å². The molecule has 0 aliphatic carbocycles. The van der Waals surface area contributed by atoms with Crippen LogP contribution in [0.4, 0.5) is 18.9 Å². The fourth-order valence-electron chi connectivity index (χ4n) is 1.43. The number of halogens is 3. The van der Waals surface area contributed by atoms with Crippen LogP contribution in [0, 0.1) is 17.5 Å². The molecular formula is C12H8F3NO2S. The van der Waals surface area contributed by atoms with Gasteiger partial charge in [0.05, 0.1) is 11.3 Å². The largest absolute Gasteiger partial charge is 0.478 e. The molecule has 1 aromatic carbocycles. The molecule has 2 rings (SSSR count). The highest BCUT2D eigenvalue weighted by Crippen LogP contribution is 2.21. The number of rotatable bonds is 4. The first-order valence-electron chi connectivity index (χ1n) is 5.16. The molecule has 19 heavy (non-hydrogen) atoms. The van der Waals surface area contributed by atoms with E-state index in [1.807, 2.05) is 0 Å². The second kappa shape index (κ2) is 5.31. The number of carboxylic acid groups (broad SMARTS) is 1. The molecule has 0 atom stereocenters. The third kappa shape index (κ3) is 3.05. The highest BCUT2D eigenvalue weighted by Gasteiger charge is 2.11. The number of hydrogen-bond donors (Lipinski definition) is 2. The molecule has 0 aliphatic heterocycles. The van der Waals surface area contributed by atoms with Crippen LogP contribution in [0.15, 0.2) is 23.6 Å². The molecule has 0 saturated carbocycles. The maximum absolute atomic E-state index is 13.3. The van der Waals surface area contributed by atoms with E-state index in [9.17, 15) is 18.0 Å². The van der Waals surface area contributed by atoms with Gasteiger partial charge in [-0.3, -0.25) is 0 Å². The van der Waals surface area contributed by atoms with E-state index >= 15 is 0 Å². The van der Waals surface area contributed by atoms with E-state index in [1.54, 1.807) is 0 Å². The number of thiophene rings is 1. The number of carbonyl (C=O) groups is 1. The van der Waals surface area contributed by atoms with Crippen LogP contribution in [-0.4, -0.2) is 11.1 Å². The zero-order chi connectivity index (χ0) is 14.0. The van der Waals surface area contributed by atoms with Gasteiger partial charge < -0.3 is 10.4 Å². The summed E-state index contributed by atoms with van der Waals surface area (Å²) in [6.45, 7) is 0.125. The zero-order valence-corrected chi connectivity index (χ0v) is 10.2. The van der Waals surface area contributed by atoms with Crippen molar-refractivity contribution in [2.24, 2.45) is 0 Å². The lowest BCUT2D eigenvalue weighted by molar-refractivity contribution is 0.0697. The molecule has 0 unspecified atom stereocenters. The Hall–Kier alpha value is -2.02. The molecule has 0 aliphatic rings. The summed E-state index contributed by atoms with van der Waals surface area (Å²) in [4.78, 5) is 11.3. The van der Waals surface area contributed by atoms with Gasteiger partial charge in [0.25, 0.3) is 0 Å². The average Bonchev–Trinajstić information content (AvgIpc) is 2.81. The smallest absolute Gasteiger partial charge is 0.336 e. The summed E-state index contributed by atoms with van der Waals surface area (Å²) in [6.07, 6.45) is 0. The molecule has 2 aromatic rings. The van der Waals surface area contributed by atoms with Crippen LogP contribution >= 0.6 is 11.3 Å². The Morgan fingerprint density at radius 2 is 1.84 bits per heavy atom. The predicted molar refractivity (Wildman–Crippen MR) is 64.9 cm³/mol. The van der Waals surface area contributed by atoms with Crippen molar-refractivity contribution in [2.45, 2.75) is 6.54 Å². The predicted octanol–water partition coefficient (Wildman–Crippen LogP) is 3.48. The number of anilines is 1. The Bertz CT molecular complexity index is 627. The van der Waals surface area contributed by atoms with E-state index in [0.717, 1.165) is 6.07 Å². The lowest BCUT2D eigenvalue weighted by Crippen LogP contribution is -2.02. The SMILES string of the molecule is O=C(O)c1csc(CNc2cc(F)c(F)cc2F)c1. The first-order chi connectivity index (χ1) is 8.97. The number of aromatic carboxylic acids is 1. The van der Waals surface area contributed by atoms with Gasteiger partial charge in [-0.25, -0.2) is 18.0 Å². The third-order valence-corrected chi connectivity index (χ3v) is 3.30. The van der Waals surface area contributed by atoms with E-state index in [-0.39, 0.29) is 17.8 Å². The molecule has 0 radical (unpaired) electrons. The first kappa shape index (κ1) is 13.4. The molecule has 0 amide bonds. The maximum Gasteiger partial charge on any atom is 0.336 e. The van der Waals surface area contributed by atoms with E-state index in [0.29, 0.717) is 10.9 Å². The second-order valence-electron chi connectivity index (χ2n) is 3.71. The van der Waals surface area contributed by atoms with Crippen LogP contribution in [0.1, 0.15) is 15.2 Å². The summed E-state index contributed by atoms with van der Waals surface area (Å²) in [6, 6.07) is 2.60. The lowest BCUT2D eigenvalue weighted by Gasteiger charge is -2.06. The summed E-state index contributed by atoms with van der Waals surface area (Å²) in [5.41, 5.74) is -0.0447. The lowest BCUT2D eigenvalue weighted by atomic mass is 10.2. The molecule has 0 fully saturated rings. The number of nitrogens with one attached hydrogen (secondary N) is 1. The van der Waals surface area contributed by atoms with Crippen molar-refractivity contribution in [2.75, 3.05) is 5.32 Å². The fourth-order valence-corrected chi connectivity index (χ4v) is 2.22. The highest BCUT2D eigenvalue weighted by molar-refractivity contribution is 7.10. The normalized spacial score (nSPS) is 10.5. The monoisotopic (exact) mass is 287 g/mol. The fraction of sp³-hybridized carbons (Fsp3) is 0.0833. The van der Waals surface area contributed by atoms with Crippen molar-refractivity contribution in [1.82, 2.24) is 0 Å². The maximum atomic E-state index is 13.3. The molecule has 0 spiro atoms. The second-order valence-corrected chi connectivity index (χ2v) is 4.70. The molecule has 0 saturated heterocycles. The van der Waals surface area contributed by atoms with Crippen LogP contribution in [0.25, 0.3) is 0 Å². The minimum atomic E-state index is -1.26. The van der Waals surface area contributed by atoms with Gasteiger partial charge in [-0.2, -0.15) is 0 Å². The Kier molecular flexibility index (Phi) is 3.75. The average molecular weight is 287 g/mol. The van der Waals surface area contributed by atoms with Gasteiger partial charge in [0.1, 0.15) is 5.82 Å². The molecule has 1 aromatic heterocycles. The molecule has 7 heteroatoms. The van der Waals surface area contributed by atoms with E-state index in [4.69, 9.17) is 5.11 Å². The number of hydrogen-bond acceptors (Lipinski definition) is 3. The molecule has 100 valence electrons. The van der Waals surface area contributed by atoms with Crippen molar-refractivity contribution < 1.29 is 23.1 Å². The minimum Gasteiger partial charge on any atom is -0.478 e. The van der Waals surface area contributed by atoms with Crippen LogP contribution in [0.5, 0.6) is 0 Å². The van der Waals surface area contributed by atoms with Gasteiger partial charge in [-0.1, -0.05) is 0 Å². The van der Waals surface area contributed by atoms with Crippen molar-refractivity contribution in [3.63, 3.8) is 0 Å². The standard InChI is InChI=1S/C12H8F3NO2S/c13-8-2-10(15)11(3-9(8)14)16-4-7-1-6(5-19-7)12(17)18/h1-3,5,16H,4H2,(H,17,18). The Morgan fingerprint density at radius 1 is 1.16 bits per heavy atom. The van der Waals surface area contributed by atoms with Gasteiger partial charge in [0, 0.05) is 28.9 Å². The molecule has 2 N–H and O–H groups in total. The van der Waals surface area contributed by atoms with E-state index in [1.165, 1.54) is 22.8 Å². The van der Waals surface area contributed by atoms with Gasteiger partial charge in [-0.15, -0.1) is 11.3 Å². The summed E-state index contributed by atoms with van der Waals surface area (Å²) in [5, 5.41) is 12.8. The molecule has 3 nitrogen and oxygen atoms in total. The topological polar surface area (TPSA) is 49.3 Å². The zero-order valence-electron chi connectivity index (χ0n) is 9.41. The third-order valence-electron chi connectivity index (χ3n) is 2.36. The van der Waals surface area contributed by atoms with Crippen LogP contribution in [0.3, 0.4) is 0 Å². The Morgan fingerprint density at radius 3 is 2.47 bits per heavy atom. The summed E-state index contributed by atoms with van der Waals surface area (Å²) >= 11 is 1.18. The van der Waals surface area contributed by atoms with Gasteiger partial charge in [0.15, 0.2) is 11.6 Å². The minimum absolute atomic E-state index is 0.125.